The fourth-order valence-electron chi connectivity index (χ4n) is 3.98. The van der Waals surface area contributed by atoms with E-state index in [0.717, 1.165) is 27.8 Å². The Morgan fingerprint density at radius 2 is 1.88 bits per heavy atom. The summed E-state index contributed by atoms with van der Waals surface area (Å²) in [6, 6.07) is 12.0. The van der Waals surface area contributed by atoms with E-state index < -0.39 is 17.8 Å². The third kappa shape index (κ3) is 3.11. The third-order valence-electron chi connectivity index (χ3n) is 5.85. The van der Waals surface area contributed by atoms with Crippen molar-refractivity contribution in [2.45, 2.75) is 26.3 Å². The topological polar surface area (TPSA) is 89.9 Å². The largest absolute Gasteiger partial charge is 0.454 e. The van der Waals surface area contributed by atoms with Crippen molar-refractivity contribution >= 4 is 40.5 Å². The summed E-state index contributed by atoms with van der Waals surface area (Å²) in [5, 5.41) is 3.19. The van der Waals surface area contributed by atoms with Crippen molar-refractivity contribution in [1.29, 1.82) is 0 Å². The summed E-state index contributed by atoms with van der Waals surface area (Å²) in [6.45, 7) is 4.29. The Balaban J connectivity index is 1.58. The standard InChI is InChI=1S/C24H21N3O5/c1-3-14(2)26-12-15(17-6-4-5-7-19(17)26)10-18-22(28)25-24(30)27(23(18)29)16-8-9-20-21(11-16)32-13-31-20/h4-12,14H,3,13H2,1-2H3,(H,25,28,30)/b18-10+/t14-/m1/s1. The van der Waals surface area contributed by atoms with Gasteiger partial charge in [-0.2, -0.15) is 0 Å². The number of rotatable bonds is 4. The number of hydrogen-bond acceptors (Lipinski definition) is 5. The second kappa shape index (κ2) is 7.56. The summed E-state index contributed by atoms with van der Waals surface area (Å²) in [5.74, 6) is -0.458. The minimum atomic E-state index is -0.807. The van der Waals surface area contributed by atoms with E-state index in [-0.39, 0.29) is 24.1 Å². The Morgan fingerprint density at radius 1 is 1.09 bits per heavy atom. The highest BCUT2D eigenvalue weighted by molar-refractivity contribution is 6.39. The van der Waals surface area contributed by atoms with Gasteiger partial charge in [-0.3, -0.25) is 14.9 Å². The molecule has 0 unspecified atom stereocenters. The van der Waals surface area contributed by atoms with E-state index in [0.29, 0.717) is 11.5 Å². The highest BCUT2D eigenvalue weighted by Crippen LogP contribution is 2.36. The van der Waals surface area contributed by atoms with Crippen molar-refractivity contribution in [3.05, 3.63) is 59.8 Å². The van der Waals surface area contributed by atoms with Gasteiger partial charge in [0.2, 0.25) is 6.79 Å². The van der Waals surface area contributed by atoms with Crippen molar-refractivity contribution in [2.75, 3.05) is 11.7 Å². The van der Waals surface area contributed by atoms with E-state index in [1.807, 2.05) is 30.5 Å². The fraction of sp³-hybridized carbons (Fsp3) is 0.208. The van der Waals surface area contributed by atoms with Gasteiger partial charge in [0.15, 0.2) is 11.5 Å². The molecule has 1 saturated heterocycles. The second-order valence-corrected chi connectivity index (χ2v) is 7.76. The van der Waals surface area contributed by atoms with Crippen molar-refractivity contribution in [3.63, 3.8) is 0 Å². The Labute approximate surface area is 184 Å². The normalized spacial score (nSPS) is 17.9. The molecule has 1 atom stereocenters. The van der Waals surface area contributed by atoms with E-state index in [9.17, 15) is 14.4 Å². The van der Waals surface area contributed by atoms with Crippen molar-refractivity contribution in [2.24, 2.45) is 0 Å². The van der Waals surface area contributed by atoms with Crippen LogP contribution in [0.3, 0.4) is 0 Å². The first-order valence-corrected chi connectivity index (χ1v) is 10.4. The number of carbonyl (C=O) groups is 3. The molecule has 4 amide bonds. The molecular formula is C24H21N3O5. The Hall–Kier alpha value is -4.07. The monoisotopic (exact) mass is 431 g/mol. The smallest absolute Gasteiger partial charge is 0.335 e. The zero-order chi connectivity index (χ0) is 22.4. The lowest BCUT2D eigenvalue weighted by molar-refractivity contribution is -0.122. The quantitative estimate of drug-likeness (QED) is 0.498. The molecule has 0 bridgehead atoms. The predicted octanol–water partition coefficient (Wildman–Crippen LogP) is 4.01. The van der Waals surface area contributed by atoms with Gasteiger partial charge in [-0.1, -0.05) is 25.1 Å². The third-order valence-corrected chi connectivity index (χ3v) is 5.85. The number of urea groups is 1. The van der Waals surface area contributed by atoms with Gasteiger partial charge in [0.05, 0.1) is 5.69 Å². The number of imide groups is 2. The highest BCUT2D eigenvalue weighted by atomic mass is 16.7. The average molecular weight is 431 g/mol. The maximum atomic E-state index is 13.3. The number of amides is 4. The number of carbonyl (C=O) groups excluding carboxylic acids is 3. The summed E-state index contributed by atoms with van der Waals surface area (Å²) in [5.41, 5.74) is 1.92. The van der Waals surface area contributed by atoms with E-state index >= 15 is 0 Å². The number of hydrogen-bond donors (Lipinski definition) is 1. The van der Waals surface area contributed by atoms with Crippen molar-refractivity contribution in [1.82, 2.24) is 9.88 Å². The SMILES string of the molecule is CC[C@@H](C)n1cc(/C=C2\C(=O)NC(=O)N(c3ccc4c(c3)OCO4)C2=O)c2ccccc21. The summed E-state index contributed by atoms with van der Waals surface area (Å²) in [4.78, 5) is 39.4. The first-order valence-electron chi connectivity index (χ1n) is 10.4. The molecule has 8 nitrogen and oxygen atoms in total. The zero-order valence-electron chi connectivity index (χ0n) is 17.6. The second-order valence-electron chi connectivity index (χ2n) is 7.76. The van der Waals surface area contributed by atoms with Crippen LogP contribution >= 0.6 is 0 Å². The van der Waals surface area contributed by atoms with Crippen molar-refractivity contribution in [3.8, 4) is 11.5 Å². The lowest BCUT2D eigenvalue weighted by Crippen LogP contribution is -2.54. The van der Waals surface area contributed by atoms with Crippen LogP contribution < -0.4 is 19.7 Å². The molecule has 0 radical (unpaired) electrons. The molecule has 1 N–H and O–H groups in total. The lowest BCUT2D eigenvalue weighted by atomic mass is 10.1. The maximum absolute atomic E-state index is 13.3. The first-order chi connectivity index (χ1) is 15.5. The number of benzene rings is 2. The van der Waals surface area contributed by atoms with Crippen LogP contribution in [0.2, 0.25) is 0 Å². The molecule has 3 aromatic rings. The van der Waals surface area contributed by atoms with Gasteiger partial charge in [0, 0.05) is 34.8 Å². The molecule has 5 rings (SSSR count). The number of aromatic nitrogens is 1. The summed E-state index contributed by atoms with van der Waals surface area (Å²) >= 11 is 0. The number of fused-ring (bicyclic) bond motifs is 2. The minimum absolute atomic E-state index is 0.0722. The number of nitrogens with zero attached hydrogens (tertiary/aromatic N) is 2. The van der Waals surface area contributed by atoms with E-state index in [4.69, 9.17) is 9.47 Å². The van der Waals surface area contributed by atoms with Gasteiger partial charge in [-0.05, 0) is 37.6 Å². The average Bonchev–Trinajstić information content (AvgIpc) is 3.40. The van der Waals surface area contributed by atoms with Crippen LogP contribution in [0.1, 0.15) is 31.9 Å². The molecule has 162 valence electrons. The van der Waals surface area contributed by atoms with Gasteiger partial charge in [-0.15, -0.1) is 0 Å². The number of barbiturate groups is 1. The van der Waals surface area contributed by atoms with Gasteiger partial charge >= 0.3 is 6.03 Å². The van der Waals surface area contributed by atoms with Crippen LogP contribution in [0, 0.1) is 0 Å². The van der Waals surface area contributed by atoms with Crippen LogP contribution in [-0.4, -0.2) is 29.2 Å². The molecule has 0 saturated carbocycles. The minimum Gasteiger partial charge on any atom is -0.454 e. The summed E-state index contributed by atoms with van der Waals surface area (Å²) < 4.78 is 12.8. The summed E-state index contributed by atoms with van der Waals surface area (Å²) in [6.07, 6.45) is 4.42. The van der Waals surface area contributed by atoms with Gasteiger partial charge < -0.3 is 14.0 Å². The Bertz CT molecular complexity index is 1310. The van der Waals surface area contributed by atoms with Crippen LogP contribution in [0.4, 0.5) is 10.5 Å². The maximum Gasteiger partial charge on any atom is 0.335 e. The number of ether oxygens (including phenoxy) is 2. The van der Waals surface area contributed by atoms with Crippen LogP contribution in [0.5, 0.6) is 11.5 Å². The molecule has 1 fully saturated rings. The Kier molecular flexibility index (Phi) is 4.70. The molecule has 0 aliphatic carbocycles. The molecule has 2 aliphatic heterocycles. The molecule has 1 aromatic heterocycles. The number of para-hydroxylation sites is 1. The number of anilines is 1. The van der Waals surface area contributed by atoms with Gasteiger partial charge in [0.25, 0.3) is 11.8 Å². The zero-order valence-corrected chi connectivity index (χ0v) is 17.6. The fourth-order valence-corrected chi connectivity index (χ4v) is 3.98. The Morgan fingerprint density at radius 3 is 2.69 bits per heavy atom. The molecular weight excluding hydrogens is 410 g/mol. The predicted molar refractivity (Wildman–Crippen MR) is 119 cm³/mol. The molecule has 2 aromatic carbocycles. The van der Waals surface area contributed by atoms with E-state index in [1.54, 1.807) is 24.3 Å². The summed E-state index contributed by atoms with van der Waals surface area (Å²) in [7, 11) is 0. The molecule has 0 spiro atoms. The van der Waals surface area contributed by atoms with E-state index in [1.165, 1.54) is 0 Å². The van der Waals surface area contributed by atoms with Crippen LogP contribution in [-0.2, 0) is 9.59 Å². The molecule has 3 heterocycles. The van der Waals surface area contributed by atoms with Gasteiger partial charge in [-0.25, -0.2) is 9.69 Å². The van der Waals surface area contributed by atoms with Crippen LogP contribution in [0.15, 0.2) is 54.2 Å². The lowest BCUT2D eigenvalue weighted by Gasteiger charge is -2.26. The molecule has 8 heteroatoms. The van der Waals surface area contributed by atoms with Gasteiger partial charge in [0.1, 0.15) is 5.57 Å². The first kappa shape index (κ1) is 19.9. The molecule has 32 heavy (non-hydrogen) atoms. The molecule has 2 aliphatic rings. The highest BCUT2D eigenvalue weighted by Gasteiger charge is 2.37. The van der Waals surface area contributed by atoms with E-state index in [2.05, 4.69) is 23.7 Å². The van der Waals surface area contributed by atoms with Crippen LogP contribution in [0.25, 0.3) is 17.0 Å². The number of nitrogens with one attached hydrogen (secondary N) is 1. The van der Waals surface area contributed by atoms with Crippen molar-refractivity contribution < 1.29 is 23.9 Å².